The van der Waals surface area contributed by atoms with Crippen LogP contribution in [-0.4, -0.2) is 14.9 Å². The number of carbonyl (C=O) groups is 1. The molecule has 0 saturated heterocycles. The molecule has 0 unspecified atom stereocenters. The maximum Gasteiger partial charge on any atom is 0.341 e. The van der Waals surface area contributed by atoms with E-state index in [0.717, 1.165) is 5.56 Å². The fourth-order valence-corrected chi connectivity index (χ4v) is 1.69. The fraction of sp³-hybridized carbons (Fsp3) is 0.0833. The summed E-state index contributed by atoms with van der Waals surface area (Å²) in [4.78, 5) is 18.5. The van der Waals surface area contributed by atoms with Crippen molar-refractivity contribution in [1.29, 1.82) is 0 Å². The lowest BCUT2D eigenvalue weighted by Gasteiger charge is -2.06. The number of hydrogen-bond donors (Lipinski definition) is 0. The number of carbonyl (C=O) groups excluding carboxylic acids is 1. The zero-order valence-corrected chi connectivity index (χ0v) is 10.8. The van der Waals surface area contributed by atoms with E-state index in [4.69, 9.17) is 23.2 Å². The van der Waals surface area contributed by atoms with Crippen molar-refractivity contribution in [2.24, 2.45) is 4.99 Å². The van der Waals surface area contributed by atoms with Gasteiger partial charge < -0.3 is 4.57 Å². The molecule has 0 spiro atoms. The van der Waals surface area contributed by atoms with Crippen molar-refractivity contribution in [3.05, 3.63) is 58.9 Å². The van der Waals surface area contributed by atoms with Crippen LogP contribution in [0.25, 0.3) is 0 Å². The third-order valence-electron chi connectivity index (χ3n) is 2.26. The van der Waals surface area contributed by atoms with E-state index in [0.29, 0.717) is 17.2 Å². The number of rotatable bonds is 2. The molecule has 2 aromatic heterocycles. The van der Waals surface area contributed by atoms with Crippen molar-refractivity contribution in [3.8, 4) is 0 Å². The minimum atomic E-state index is -0.746. The van der Waals surface area contributed by atoms with Gasteiger partial charge in [0.1, 0.15) is 10.6 Å². The summed E-state index contributed by atoms with van der Waals surface area (Å²) in [6.45, 7) is 0.536. The second-order valence-corrected chi connectivity index (χ2v) is 4.25. The molecule has 0 aromatic carbocycles. The third-order valence-corrected chi connectivity index (χ3v) is 2.57. The molecule has 0 bridgehead atoms. The number of hydrogen-bond acceptors (Lipinski definition) is 2. The average Bonchev–Trinajstić information content (AvgIpc) is 2.34. The molecule has 6 heteroatoms. The third kappa shape index (κ3) is 3.42. The molecular weight excluding hydrogens is 273 g/mol. The minimum absolute atomic E-state index is 0.442. The average molecular weight is 282 g/mol. The lowest BCUT2D eigenvalue weighted by Crippen LogP contribution is -2.21. The highest BCUT2D eigenvalue weighted by Gasteiger charge is 1.98. The molecule has 4 nitrogen and oxygen atoms in total. The summed E-state index contributed by atoms with van der Waals surface area (Å²) in [5.74, 6) is 0. The molecule has 92 valence electrons. The van der Waals surface area contributed by atoms with Gasteiger partial charge in [0.05, 0.1) is 6.54 Å². The first-order chi connectivity index (χ1) is 8.65. The molecule has 0 aliphatic carbocycles. The van der Waals surface area contributed by atoms with Crippen molar-refractivity contribution in [2.45, 2.75) is 6.54 Å². The molecule has 0 N–H and O–H groups in total. The van der Waals surface area contributed by atoms with E-state index >= 15 is 0 Å². The molecular formula is C12H9Cl2N3O. The van der Waals surface area contributed by atoms with Gasteiger partial charge in [0.25, 0.3) is 0 Å². The van der Waals surface area contributed by atoms with E-state index in [1.54, 1.807) is 29.0 Å². The summed E-state index contributed by atoms with van der Waals surface area (Å²) in [6.07, 6.45) is 3.49. The van der Waals surface area contributed by atoms with Crippen LogP contribution in [0.3, 0.4) is 0 Å². The van der Waals surface area contributed by atoms with E-state index in [-0.39, 0.29) is 0 Å². The Morgan fingerprint density at radius 2 is 2.17 bits per heavy atom. The molecule has 0 radical (unpaired) electrons. The van der Waals surface area contributed by atoms with Gasteiger partial charge in [0.15, 0.2) is 0 Å². The molecule has 0 aliphatic heterocycles. The zero-order chi connectivity index (χ0) is 13.0. The molecule has 0 atom stereocenters. The predicted octanol–water partition coefficient (Wildman–Crippen LogP) is 2.84. The zero-order valence-electron chi connectivity index (χ0n) is 9.25. The molecule has 2 heterocycles. The van der Waals surface area contributed by atoms with Gasteiger partial charge in [-0.2, -0.15) is 4.99 Å². The Morgan fingerprint density at radius 1 is 1.33 bits per heavy atom. The van der Waals surface area contributed by atoms with Crippen LogP contribution in [0.1, 0.15) is 5.56 Å². The Hall–Kier alpha value is -1.65. The summed E-state index contributed by atoms with van der Waals surface area (Å²) in [5.41, 5.74) is 1.45. The van der Waals surface area contributed by atoms with Gasteiger partial charge in [-0.1, -0.05) is 23.7 Å². The summed E-state index contributed by atoms with van der Waals surface area (Å²) < 4.78 is 1.80. The van der Waals surface area contributed by atoms with E-state index in [2.05, 4.69) is 9.98 Å². The Balaban J connectivity index is 2.35. The molecule has 0 saturated carbocycles. The Morgan fingerprint density at radius 3 is 2.83 bits per heavy atom. The van der Waals surface area contributed by atoms with Crippen LogP contribution in [-0.2, 0) is 6.54 Å². The van der Waals surface area contributed by atoms with Gasteiger partial charge >= 0.3 is 5.37 Å². The number of aromatic nitrogens is 2. The summed E-state index contributed by atoms with van der Waals surface area (Å²) in [5, 5.41) is -0.304. The van der Waals surface area contributed by atoms with Crippen molar-refractivity contribution in [1.82, 2.24) is 9.55 Å². The largest absolute Gasteiger partial charge is 0.341 e. The van der Waals surface area contributed by atoms with E-state index in [9.17, 15) is 4.79 Å². The molecule has 1 amide bonds. The fourth-order valence-electron chi connectivity index (χ4n) is 1.49. The molecule has 18 heavy (non-hydrogen) atoms. The second-order valence-electron chi connectivity index (χ2n) is 3.54. The second kappa shape index (κ2) is 5.80. The lowest BCUT2D eigenvalue weighted by atomic mass is 10.3. The number of pyridine rings is 2. The van der Waals surface area contributed by atoms with Crippen LogP contribution in [0.5, 0.6) is 0 Å². The molecule has 0 aliphatic rings. The van der Waals surface area contributed by atoms with Gasteiger partial charge in [0, 0.05) is 12.4 Å². The van der Waals surface area contributed by atoms with Crippen molar-refractivity contribution in [2.75, 3.05) is 0 Å². The lowest BCUT2D eigenvalue weighted by molar-refractivity contribution is 0.266. The quantitative estimate of drug-likeness (QED) is 0.483. The normalized spacial score (nSPS) is 11.6. The van der Waals surface area contributed by atoms with Gasteiger partial charge in [0.2, 0.25) is 0 Å². The van der Waals surface area contributed by atoms with Gasteiger partial charge in [-0.3, -0.25) is 4.79 Å². The monoisotopic (exact) mass is 281 g/mol. The van der Waals surface area contributed by atoms with Gasteiger partial charge in [-0.25, -0.2) is 4.98 Å². The maximum atomic E-state index is 10.8. The summed E-state index contributed by atoms with van der Waals surface area (Å²) >= 11 is 11.0. The van der Waals surface area contributed by atoms with Gasteiger partial charge in [-0.15, -0.1) is 0 Å². The standard InChI is InChI=1S/C12H9Cl2N3O/c13-10-5-4-9(7-15-10)8-17-6-2-1-3-11(17)16-12(14)18/h1-7H,8H2. The predicted molar refractivity (Wildman–Crippen MR) is 69.6 cm³/mol. The first-order valence-corrected chi connectivity index (χ1v) is 5.91. The number of nitrogens with zero attached hydrogens (tertiary/aromatic N) is 3. The van der Waals surface area contributed by atoms with Crippen molar-refractivity contribution < 1.29 is 4.79 Å². The van der Waals surface area contributed by atoms with Crippen LogP contribution in [0.4, 0.5) is 4.79 Å². The smallest absolute Gasteiger partial charge is 0.328 e. The number of amides is 1. The molecule has 2 aromatic rings. The molecule has 2 rings (SSSR count). The number of halogens is 2. The van der Waals surface area contributed by atoms with Crippen LogP contribution in [0.2, 0.25) is 5.15 Å². The van der Waals surface area contributed by atoms with E-state index in [1.807, 2.05) is 18.3 Å². The van der Waals surface area contributed by atoms with E-state index < -0.39 is 5.37 Å². The SMILES string of the molecule is O=C(Cl)N=c1ccccn1Cc1ccc(Cl)nc1. The van der Waals surface area contributed by atoms with Crippen LogP contribution >= 0.6 is 23.2 Å². The maximum absolute atomic E-state index is 10.8. The minimum Gasteiger partial charge on any atom is -0.328 e. The van der Waals surface area contributed by atoms with Crippen molar-refractivity contribution in [3.63, 3.8) is 0 Å². The van der Waals surface area contributed by atoms with Crippen LogP contribution in [0.15, 0.2) is 47.7 Å². The highest BCUT2D eigenvalue weighted by molar-refractivity contribution is 6.63. The summed E-state index contributed by atoms with van der Waals surface area (Å²) in [6, 6.07) is 8.92. The Labute approximate surface area is 114 Å². The topological polar surface area (TPSA) is 47.2 Å². The van der Waals surface area contributed by atoms with E-state index in [1.165, 1.54) is 0 Å². The van der Waals surface area contributed by atoms with Gasteiger partial charge in [-0.05, 0) is 35.4 Å². The van der Waals surface area contributed by atoms with Crippen LogP contribution < -0.4 is 5.49 Å². The van der Waals surface area contributed by atoms with Crippen molar-refractivity contribution >= 4 is 28.6 Å². The van der Waals surface area contributed by atoms with Crippen LogP contribution in [0, 0.1) is 0 Å². The Kier molecular flexibility index (Phi) is 4.12. The highest BCUT2D eigenvalue weighted by Crippen LogP contribution is 2.06. The summed E-state index contributed by atoms with van der Waals surface area (Å²) in [7, 11) is 0. The molecule has 0 fully saturated rings. The Bertz CT molecular complexity index is 620. The first-order valence-electron chi connectivity index (χ1n) is 5.15. The first kappa shape index (κ1) is 12.8. The highest BCUT2D eigenvalue weighted by atomic mass is 35.5.